The first-order valence-corrected chi connectivity index (χ1v) is 10.1. The molecule has 2 fully saturated rings. The second kappa shape index (κ2) is 6.25. The second-order valence-corrected chi connectivity index (χ2v) is 7.96. The average Bonchev–Trinajstić information content (AvgIpc) is 3.64. The molecule has 1 amide bonds. The number of fused-ring (bicyclic) bond motifs is 2. The van der Waals surface area contributed by atoms with Gasteiger partial charge in [0, 0.05) is 48.9 Å². The number of halogens is 1. The molecule has 4 heterocycles. The van der Waals surface area contributed by atoms with Crippen LogP contribution in [0.25, 0.3) is 27.9 Å². The van der Waals surface area contributed by atoms with Gasteiger partial charge in [-0.1, -0.05) is 0 Å². The van der Waals surface area contributed by atoms with Gasteiger partial charge in [-0.05, 0) is 25.0 Å². The average molecular weight is 405 g/mol. The summed E-state index contributed by atoms with van der Waals surface area (Å²) in [4.78, 5) is 22.0. The molecule has 0 radical (unpaired) electrons. The number of amides is 1. The van der Waals surface area contributed by atoms with E-state index in [9.17, 15) is 9.18 Å². The second-order valence-electron chi connectivity index (χ2n) is 7.96. The first-order valence-electron chi connectivity index (χ1n) is 10.1. The van der Waals surface area contributed by atoms with Gasteiger partial charge in [0.2, 0.25) is 0 Å². The van der Waals surface area contributed by atoms with Crippen LogP contribution in [-0.4, -0.2) is 49.3 Å². The standard InChI is InChI=1S/C21H20FN7O/c1-23-18-8-16(14-10-28(11-4-5-11)19-12(14)3-2-6-24-19)26-20-13(9-25-29(18)20)21(30)27-17-7-15(17)22/h2-3,6,8-11,15,17,23H,4-5,7H2,1H3,(H,27,30). The summed E-state index contributed by atoms with van der Waals surface area (Å²) in [5, 5.41) is 11.2. The fraction of sp³-hybridized carbons (Fsp3) is 0.333. The van der Waals surface area contributed by atoms with E-state index in [2.05, 4.69) is 31.5 Å². The molecule has 30 heavy (non-hydrogen) atoms. The fourth-order valence-corrected chi connectivity index (χ4v) is 3.92. The molecule has 4 aromatic rings. The monoisotopic (exact) mass is 405 g/mol. The molecule has 0 bridgehead atoms. The van der Waals surface area contributed by atoms with Crippen molar-refractivity contribution < 1.29 is 9.18 Å². The molecule has 0 spiro atoms. The summed E-state index contributed by atoms with van der Waals surface area (Å²) in [5.74, 6) is 0.351. The summed E-state index contributed by atoms with van der Waals surface area (Å²) in [7, 11) is 1.80. The van der Waals surface area contributed by atoms with E-state index >= 15 is 0 Å². The van der Waals surface area contributed by atoms with E-state index in [0.717, 1.165) is 35.1 Å². The van der Waals surface area contributed by atoms with E-state index < -0.39 is 12.2 Å². The molecule has 0 aromatic carbocycles. The van der Waals surface area contributed by atoms with Crippen LogP contribution in [0.4, 0.5) is 10.2 Å². The summed E-state index contributed by atoms with van der Waals surface area (Å²) in [6, 6.07) is 5.94. The summed E-state index contributed by atoms with van der Waals surface area (Å²) in [6.45, 7) is 0. The largest absolute Gasteiger partial charge is 0.373 e. The highest BCUT2D eigenvalue weighted by Gasteiger charge is 2.39. The van der Waals surface area contributed by atoms with E-state index in [1.54, 1.807) is 17.8 Å². The highest BCUT2D eigenvalue weighted by Crippen LogP contribution is 2.40. The minimum absolute atomic E-state index is 0.330. The van der Waals surface area contributed by atoms with E-state index in [1.165, 1.54) is 6.20 Å². The molecule has 2 unspecified atom stereocenters. The van der Waals surface area contributed by atoms with Crippen molar-refractivity contribution in [3.05, 3.63) is 42.4 Å². The zero-order valence-electron chi connectivity index (χ0n) is 16.3. The van der Waals surface area contributed by atoms with Crippen molar-refractivity contribution >= 4 is 28.4 Å². The number of alkyl halides is 1. The highest BCUT2D eigenvalue weighted by molar-refractivity contribution is 6.01. The lowest BCUT2D eigenvalue weighted by molar-refractivity contribution is 0.0949. The molecule has 2 aliphatic carbocycles. The van der Waals surface area contributed by atoms with Crippen LogP contribution in [0.2, 0.25) is 0 Å². The number of carbonyl (C=O) groups is 1. The van der Waals surface area contributed by atoms with Crippen LogP contribution in [0.1, 0.15) is 35.7 Å². The van der Waals surface area contributed by atoms with E-state index in [0.29, 0.717) is 29.5 Å². The van der Waals surface area contributed by atoms with Crippen molar-refractivity contribution in [2.45, 2.75) is 37.5 Å². The van der Waals surface area contributed by atoms with Gasteiger partial charge in [-0.25, -0.2) is 14.4 Å². The van der Waals surface area contributed by atoms with Gasteiger partial charge in [0.15, 0.2) is 5.65 Å². The number of hydrogen-bond donors (Lipinski definition) is 2. The van der Waals surface area contributed by atoms with Crippen LogP contribution in [-0.2, 0) is 0 Å². The highest BCUT2D eigenvalue weighted by atomic mass is 19.1. The number of aromatic nitrogens is 5. The third kappa shape index (κ3) is 2.65. The molecule has 0 aliphatic heterocycles. The molecule has 2 atom stereocenters. The van der Waals surface area contributed by atoms with Crippen molar-refractivity contribution in [1.29, 1.82) is 0 Å². The van der Waals surface area contributed by atoms with Crippen molar-refractivity contribution in [3.63, 3.8) is 0 Å². The van der Waals surface area contributed by atoms with E-state index in [4.69, 9.17) is 4.98 Å². The fourth-order valence-electron chi connectivity index (χ4n) is 3.92. The van der Waals surface area contributed by atoms with Crippen LogP contribution in [0.3, 0.4) is 0 Å². The smallest absolute Gasteiger partial charge is 0.257 e. The number of carbonyl (C=O) groups excluding carboxylic acids is 1. The predicted molar refractivity (Wildman–Crippen MR) is 110 cm³/mol. The topological polar surface area (TPSA) is 89.1 Å². The Morgan fingerprint density at radius 2 is 2.13 bits per heavy atom. The van der Waals surface area contributed by atoms with Crippen molar-refractivity contribution in [2.75, 3.05) is 12.4 Å². The zero-order chi connectivity index (χ0) is 20.4. The molecule has 152 valence electrons. The molecule has 9 heteroatoms. The summed E-state index contributed by atoms with van der Waals surface area (Å²) in [6.07, 6.45) is 7.08. The van der Waals surface area contributed by atoms with E-state index in [-0.39, 0.29) is 5.91 Å². The number of rotatable bonds is 5. The Morgan fingerprint density at radius 3 is 2.87 bits per heavy atom. The third-order valence-electron chi connectivity index (χ3n) is 5.81. The van der Waals surface area contributed by atoms with Gasteiger partial charge in [0.05, 0.1) is 17.9 Å². The summed E-state index contributed by atoms with van der Waals surface area (Å²) in [5.41, 5.74) is 3.39. The van der Waals surface area contributed by atoms with E-state index in [1.807, 2.05) is 18.2 Å². The number of pyridine rings is 1. The minimum Gasteiger partial charge on any atom is -0.373 e. The Balaban J connectivity index is 1.51. The molecule has 6 rings (SSSR count). The molecule has 2 N–H and O–H groups in total. The number of anilines is 1. The van der Waals surface area contributed by atoms with Gasteiger partial charge in [0.1, 0.15) is 23.2 Å². The predicted octanol–water partition coefficient (Wildman–Crippen LogP) is 2.96. The normalized spacial score (nSPS) is 20.6. The zero-order valence-corrected chi connectivity index (χ0v) is 16.3. The molecule has 8 nitrogen and oxygen atoms in total. The van der Waals surface area contributed by atoms with Gasteiger partial charge < -0.3 is 15.2 Å². The van der Waals surface area contributed by atoms with Crippen LogP contribution < -0.4 is 10.6 Å². The molecule has 4 aromatic heterocycles. The number of hydrogen-bond acceptors (Lipinski definition) is 5. The molecule has 2 saturated carbocycles. The van der Waals surface area contributed by atoms with Crippen LogP contribution in [0, 0.1) is 0 Å². The van der Waals surface area contributed by atoms with Crippen molar-refractivity contribution in [3.8, 4) is 11.3 Å². The Hall–Kier alpha value is -3.49. The lowest BCUT2D eigenvalue weighted by atomic mass is 10.1. The van der Waals surface area contributed by atoms with Crippen molar-refractivity contribution in [2.24, 2.45) is 0 Å². The molecular formula is C21H20FN7O. The maximum atomic E-state index is 13.2. The Labute approximate surface area is 171 Å². The number of nitrogens with one attached hydrogen (secondary N) is 2. The summed E-state index contributed by atoms with van der Waals surface area (Å²) >= 11 is 0. The van der Waals surface area contributed by atoms with Crippen molar-refractivity contribution in [1.82, 2.24) is 29.5 Å². The first-order chi connectivity index (χ1) is 14.6. The SMILES string of the molecule is CNc1cc(-c2cn(C3CC3)c3ncccc23)nc2c(C(=O)NC3CC3F)cnn12. The van der Waals surface area contributed by atoms with Gasteiger partial charge in [-0.2, -0.15) is 9.61 Å². The Morgan fingerprint density at radius 1 is 1.30 bits per heavy atom. The van der Waals surface area contributed by atoms with Crippen LogP contribution in [0.5, 0.6) is 0 Å². The lowest BCUT2D eigenvalue weighted by Gasteiger charge is -2.08. The molecule has 2 aliphatic rings. The lowest BCUT2D eigenvalue weighted by Crippen LogP contribution is -2.27. The quantitative estimate of drug-likeness (QED) is 0.533. The maximum Gasteiger partial charge on any atom is 0.257 e. The molecular weight excluding hydrogens is 385 g/mol. The van der Waals surface area contributed by atoms with Gasteiger partial charge in [-0.15, -0.1) is 0 Å². The van der Waals surface area contributed by atoms with Crippen LogP contribution >= 0.6 is 0 Å². The first kappa shape index (κ1) is 17.4. The maximum absolute atomic E-state index is 13.2. The Bertz CT molecular complexity index is 1310. The van der Waals surface area contributed by atoms with Crippen LogP contribution in [0.15, 0.2) is 36.8 Å². The summed E-state index contributed by atoms with van der Waals surface area (Å²) < 4.78 is 17.1. The third-order valence-corrected chi connectivity index (χ3v) is 5.81. The van der Waals surface area contributed by atoms with Gasteiger partial charge >= 0.3 is 0 Å². The van der Waals surface area contributed by atoms with Gasteiger partial charge in [-0.3, -0.25) is 4.79 Å². The Kier molecular flexibility index (Phi) is 3.62. The minimum atomic E-state index is -0.965. The number of nitrogens with zero attached hydrogens (tertiary/aromatic N) is 5. The van der Waals surface area contributed by atoms with Gasteiger partial charge in [0.25, 0.3) is 5.91 Å². The molecule has 0 saturated heterocycles.